The third-order valence-electron chi connectivity index (χ3n) is 2.61. The molecule has 0 saturated heterocycles. The molecule has 1 N–H and O–H groups in total. The molecule has 0 aliphatic carbocycles. The summed E-state index contributed by atoms with van der Waals surface area (Å²) in [6, 6.07) is 2.04. The number of rotatable bonds is 8. The Morgan fingerprint density at radius 1 is 1.31 bits per heavy atom. The quantitative estimate of drug-likeness (QED) is 0.687. The molecular formula is C12H23N3O. The standard InChI is InChI=1S/C12H23N3O/c1-4-7-13-9-11-8-12(16-14-11)10-15(5-2)6-3/h8,13H,4-7,9-10H2,1-3H3. The highest BCUT2D eigenvalue weighted by molar-refractivity contribution is 5.05. The Balaban J connectivity index is 2.38. The minimum absolute atomic E-state index is 0.801. The molecule has 1 aromatic rings. The molecule has 0 aliphatic heterocycles. The maximum atomic E-state index is 5.30. The maximum Gasteiger partial charge on any atom is 0.151 e. The lowest BCUT2D eigenvalue weighted by Crippen LogP contribution is -2.21. The summed E-state index contributed by atoms with van der Waals surface area (Å²) < 4.78 is 5.30. The summed E-state index contributed by atoms with van der Waals surface area (Å²) in [5.74, 6) is 0.956. The largest absolute Gasteiger partial charge is 0.360 e. The zero-order valence-electron chi connectivity index (χ0n) is 10.6. The molecule has 0 aliphatic rings. The van der Waals surface area contributed by atoms with Gasteiger partial charge in [0.05, 0.1) is 12.2 Å². The van der Waals surface area contributed by atoms with Gasteiger partial charge in [-0.3, -0.25) is 4.90 Å². The van der Waals surface area contributed by atoms with Gasteiger partial charge in [-0.1, -0.05) is 25.9 Å². The van der Waals surface area contributed by atoms with E-state index in [1.807, 2.05) is 6.07 Å². The van der Waals surface area contributed by atoms with Crippen LogP contribution in [0.15, 0.2) is 10.6 Å². The molecule has 1 aromatic heterocycles. The topological polar surface area (TPSA) is 41.3 Å². The Labute approximate surface area is 98.0 Å². The number of hydrogen-bond donors (Lipinski definition) is 1. The Hall–Kier alpha value is -0.870. The average molecular weight is 225 g/mol. The molecule has 0 spiro atoms. The Morgan fingerprint density at radius 2 is 2.06 bits per heavy atom. The van der Waals surface area contributed by atoms with Crippen molar-refractivity contribution in [3.63, 3.8) is 0 Å². The van der Waals surface area contributed by atoms with Crippen molar-refractivity contribution < 1.29 is 4.52 Å². The molecule has 1 heterocycles. The molecule has 0 bridgehead atoms. The lowest BCUT2D eigenvalue weighted by Gasteiger charge is -2.15. The van der Waals surface area contributed by atoms with Gasteiger partial charge in [-0.05, 0) is 26.1 Å². The third kappa shape index (κ3) is 4.33. The molecular weight excluding hydrogens is 202 g/mol. The fourth-order valence-electron chi connectivity index (χ4n) is 1.57. The average Bonchev–Trinajstić information content (AvgIpc) is 2.74. The predicted molar refractivity (Wildman–Crippen MR) is 65.1 cm³/mol. The van der Waals surface area contributed by atoms with Gasteiger partial charge >= 0.3 is 0 Å². The number of nitrogens with zero attached hydrogens (tertiary/aromatic N) is 2. The first-order valence-electron chi connectivity index (χ1n) is 6.17. The smallest absolute Gasteiger partial charge is 0.151 e. The fourth-order valence-corrected chi connectivity index (χ4v) is 1.57. The SMILES string of the molecule is CCCNCc1cc(CN(CC)CC)on1. The van der Waals surface area contributed by atoms with Gasteiger partial charge in [-0.2, -0.15) is 0 Å². The van der Waals surface area contributed by atoms with E-state index in [0.717, 1.165) is 50.6 Å². The van der Waals surface area contributed by atoms with E-state index >= 15 is 0 Å². The monoisotopic (exact) mass is 225 g/mol. The van der Waals surface area contributed by atoms with Crippen LogP contribution in [0, 0.1) is 0 Å². The normalized spacial score (nSPS) is 11.2. The van der Waals surface area contributed by atoms with Gasteiger partial charge in [0.25, 0.3) is 0 Å². The molecule has 0 fully saturated rings. The van der Waals surface area contributed by atoms with Gasteiger partial charge in [0.15, 0.2) is 5.76 Å². The molecule has 0 amide bonds. The van der Waals surface area contributed by atoms with Crippen molar-refractivity contribution in [1.29, 1.82) is 0 Å². The minimum Gasteiger partial charge on any atom is -0.360 e. The van der Waals surface area contributed by atoms with Crippen LogP contribution >= 0.6 is 0 Å². The second-order valence-electron chi connectivity index (χ2n) is 3.92. The summed E-state index contributed by atoms with van der Waals surface area (Å²) in [4.78, 5) is 2.31. The summed E-state index contributed by atoms with van der Waals surface area (Å²) in [6.45, 7) is 11.2. The van der Waals surface area contributed by atoms with Crippen LogP contribution in [0.2, 0.25) is 0 Å². The summed E-state index contributed by atoms with van der Waals surface area (Å²) in [5.41, 5.74) is 0.996. The molecule has 4 heteroatoms. The summed E-state index contributed by atoms with van der Waals surface area (Å²) in [5, 5.41) is 7.36. The van der Waals surface area contributed by atoms with E-state index in [2.05, 4.69) is 36.1 Å². The highest BCUT2D eigenvalue weighted by Crippen LogP contribution is 2.07. The van der Waals surface area contributed by atoms with E-state index in [0.29, 0.717) is 0 Å². The Bertz CT molecular complexity index is 282. The van der Waals surface area contributed by atoms with Crippen LogP contribution in [0.1, 0.15) is 38.6 Å². The van der Waals surface area contributed by atoms with Gasteiger partial charge in [-0.15, -0.1) is 0 Å². The molecule has 1 rings (SSSR count). The summed E-state index contributed by atoms with van der Waals surface area (Å²) in [6.07, 6.45) is 1.14. The molecule has 0 saturated carbocycles. The minimum atomic E-state index is 0.801. The highest BCUT2D eigenvalue weighted by atomic mass is 16.5. The number of aromatic nitrogens is 1. The van der Waals surface area contributed by atoms with Crippen LogP contribution in [-0.4, -0.2) is 29.7 Å². The maximum absolute atomic E-state index is 5.30. The summed E-state index contributed by atoms with van der Waals surface area (Å²) >= 11 is 0. The van der Waals surface area contributed by atoms with Crippen molar-refractivity contribution in [1.82, 2.24) is 15.4 Å². The predicted octanol–water partition coefficient (Wildman–Crippen LogP) is 2.02. The van der Waals surface area contributed by atoms with Crippen LogP contribution in [0.25, 0.3) is 0 Å². The molecule has 92 valence electrons. The van der Waals surface area contributed by atoms with Crippen molar-refractivity contribution in [3.05, 3.63) is 17.5 Å². The van der Waals surface area contributed by atoms with E-state index in [-0.39, 0.29) is 0 Å². The van der Waals surface area contributed by atoms with Crippen LogP contribution < -0.4 is 5.32 Å². The highest BCUT2D eigenvalue weighted by Gasteiger charge is 2.07. The molecule has 16 heavy (non-hydrogen) atoms. The zero-order chi connectivity index (χ0) is 11.8. The number of nitrogens with one attached hydrogen (secondary N) is 1. The second kappa shape index (κ2) is 7.41. The van der Waals surface area contributed by atoms with Gasteiger partial charge < -0.3 is 9.84 Å². The van der Waals surface area contributed by atoms with E-state index in [9.17, 15) is 0 Å². The first-order chi connectivity index (χ1) is 7.80. The summed E-state index contributed by atoms with van der Waals surface area (Å²) in [7, 11) is 0. The Kier molecular flexibility index (Phi) is 6.11. The number of hydrogen-bond acceptors (Lipinski definition) is 4. The molecule has 4 nitrogen and oxygen atoms in total. The van der Waals surface area contributed by atoms with Gasteiger partial charge in [0, 0.05) is 12.6 Å². The van der Waals surface area contributed by atoms with Gasteiger partial charge in [0.2, 0.25) is 0 Å². The van der Waals surface area contributed by atoms with E-state index in [1.54, 1.807) is 0 Å². The van der Waals surface area contributed by atoms with E-state index < -0.39 is 0 Å². The molecule has 0 unspecified atom stereocenters. The lowest BCUT2D eigenvalue weighted by atomic mass is 10.3. The van der Waals surface area contributed by atoms with E-state index in [1.165, 1.54) is 0 Å². The fraction of sp³-hybridized carbons (Fsp3) is 0.750. The molecule has 0 radical (unpaired) electrons. The van der Waals surface area contributed by atoms with Crippen LogP contribution in [0.3, 0.4) is 0 Å². The van der Waals surface area contributed by atoms with Crippen LogP contribution in [-0.2, 0) is 13.1 Å². The third-order valence-corrected chi connectivity index (χ3v) is 2.61. The first kappa shape index (κ1) is 13.2. The van der Waals surface area contributed by atoms with Gasteiger partial charge in [0.1, 0.15) is 0 Å². The van der Waals surface area contributed by atoms with Crippen molar-refractivity contribution >= 4 is 0 Å². The van der Waals surface area contributed by atoms with Crippen LogP contribution in [0.5, 0.6) is 0 Å². The molecule has 0 aromatic carbocycles. The van der Waals surface area contributed by atoms with Crippen molar-refractivity contribution in [3.8, 4) is 0 Å². The van der Waals surface area contributed by atoms with Crippen molar-refractivity contribution in [2.75, 3.05) is 19.6 Å². The van der Waals surface area contributed by atoms with Crippen LogP contribution in [0.4, 0.5) is 0 Å². The van der Waals surface area contributed by atoms with Gasteiger partial charge in [-0.25, -0.2) is 0 Å². The lowest BCUT2D eigenvalue weighted by molar-refractivity contribution is 0.251. The Morgan fingerprint density at radius 3 is 2.69 bits per heavy atom. The first-order valence-corrected chi connectivity index (χ1v) is 6.17. The van der Waals surface area contributed by atoms with E-state index in [4.69, 9.17) is 4.52 Å². The van der Waals surface area contributed by atoms with Crippen molar-refractivity contribution in [2.24, 2.45) is 0 Å². The second-order valence-corrected chi connectivity index (χ2v) is 3.92. The zero-order valence-corrected chi connectivity index (χ0v) is 10.6. The molecule has 0 atom stereocenters. The van der Waals surface area contributed by atoms with Crippen molar-refractivity contribution in [2.45, 2.75) is 40.3 Å².